The number of halogens is 1. The fourth-order valence-corrected chi connectivity index (χ4v) is 3.29. The molecule has 0 radical (unpaired) electrons. The molecule has 4 nitrogen and oxygen atoms in total. The number of nitrogens with one attached hydrogen (secondary N) is 1. The van der Waals surface area contributed by atoms with E-state index in [0.29, 0.717) is 11.7 Å². The summed E-state index contributed by atoms with van der Waals surface area (Å²) >= 11 is 0. The summed E-state index contributed by atoms with van der Waals surface area (Å²) in [5, 5.41) is 1.00. The summed E-state index contributed by atoms with van der Waals surface area (Å²) in [5.41, 5.74) is 3.70. The topological polar surface area (TPSA) is 41.1 Å². The Morgan fingerprint density at radius 1 is 1.22 bits per heavy atom. The molecule has 0 atom stereocenters. The van der Waals surface area contributed by atoms with Crippen LogP contribution >= 0.6 is 0 Å². The number of rotatable bonds is 3. The number of benzene rings is 1. The molecule has 1 saturated heterocycles. The molecule has 0 saturated carbocycles. The highest BCUT2D eigenvalue weighted by Gasteiger charge is 2.26. The van der Waals surface area contributed by atoms with Gasteiger partial charge in [0, 0.05) is 41.8 Å². The van der Waals surface area contributed by atoms with Crippen molar-refractivity contribution in [2.24, 2.45) is 0 Å². The Bertz CT molecular complexity index is 868. The summed E-state index contributed by atoms with van der Waals surface area (Å²) in [5.74, 6) is 0.892. The Labute approximate surface area is 133 Å². The van der Waals surface area contributed by atoms with Crippen LogP contribution in [0.5, 0.6) is 5.75 Å². The molecule has 118 valence electrons. The second-order valence-corrected chi connectivity index (χ2v) is 6.11. The highest BCUT2D eigenvalue weighted by atomic mass is 19.1. The molecule has 1 aliphatic rings. The van der Waals surface area contributed by atoms with Gasteiger partial charge in [-0.05, 0) is 42.9 Å². The number of likely N-dealkylation sites (N-methyl/N-ethyl adjacent to an activating group) is 1. The van der Waals surface area contributed by atoms with Gasteiger partial charge in [0.05, 0.1) is 7.11 Å². The van der Waals surface area contributed by atoms with Crippen molar-refractivity contribution >= 4 is 11.0 Å². The normalized spacial score (nSPS) is 15.8. The predicted octanol–water partition coefficient (Wildman–Crippen LogP) is 3.41. The number of pyridine rings is 1. The Morgan fingerprint density at radius 3 is 2.78 bits per heavy atom. The third-order valence-corrected chi connectivity index (χ3v) is 4.51. The van der Waals surface area contributed by atoms with Gasteiger partial charge in [-0.25, -0.2) is 9.37 Å². The van der Waals surface area contributed by atoms with Gasteiger partial charge in [0.15, 0.2) is 0 Å². The number of aromatic nitrogens is 2. The molecule has 1 aliphatic heterocycles. The molecule has 5 heteroatoms. The third-order valence-electron chi connectivity index (χ3n) is 4.51. The van der Waals surface area contributed by atoms with Gasteiger partial charge in [-0.3, -0.25) is 0 Å². The third kappa shape index (κ3) is 2.37. The van der Waals surface area contributed by atoms with Gasteiger partial charge in [-0.2, -0.15) is 0 Å². The number of H-pyrrole nitrogens is 1. The van der Waals surface area contributed by atoms with E-state index in [9.17, 15) is 4.39 Å². The first-order valence-electron chi connectivity index (χ1n) is 7.66. The average Bonchev–Trinajstić information content (AvgIpc) is 2.95. The van der Waals surface area contributed by atoms with Crippen molar-refractivity contribution in [1.29, 1.82) is 0 Å². The van der Waals surface area contributed by atoms with Crippen LogP contribution in [0.25, 0.3) is 22.2 Å². The molecular formula is C18H18FN3O. The zero-order valence-electron chi connectivity index (χ0n) is 13.1. The maximum atomic E-state index is 13.7. The summed E-state index contributed by atoms with van der Waals surface area (Å²) in [6, 6.07) is 8.63. The number of fused-ring (bicyclic) bond motifs is 1. The summed E-state index contributed by atoms with van der Waals surface area (Å²) in [7, 11) is 3.71. The highest BCUT2D eigenvalue weighted by molar-refractivity contribution is 5.95. The van der Waals surface area contributed by atoms with Gasteiger partial charge < -0.3 is 14.6 Å². The van der Waals surface area contributed by atoms with Crippen LogP contribution in [0.4, 0.5) is 4.39 Å². The van der Waals surface area contributed by atoms with E-state index in [4.69, 9.17) is 4.74 Å². The van der Waals surface area contributed by atoms with Crippen LogP contribution in [0.3, 0.4) is 0 Å². The van der Waals surface area contributed by atoms with Gasteiger partial charge in [-0.15, -0.1) is 0 Å². The summed E-state index contributed by atoms with van der Waals surface area (Å²) in [6.07, 6.45) is 1.75. The summed E-state index contributed by atoms with van der Waals surface area (Å²) in [6.45, 7) is 2.09. The molecule has 1 aromatic carbocycles. The molecule has 3 heterocycles. The average molecular weight is 311 g/mol. The fraction of sp³-hybridized carbons (Fsp3) is 0.278. The van der Waals surface area contributed by atoms with Crippen LogP contribution in [0.2, 0.25) is 0 Å². The molecule has 4 rings (SSSR count). The lowest BCUT2D eigenvalue weighted by molar-refractivity contribution is 0.187. The van der Waals surface area contributed by atoms with E-state index in [1.807, 2.05) is 6.07 Å². The molecule has 0 amide bonds. The molecule has 3 aromatic rings. The predicted molar refractivity (Wildman–Crippen MR) is 88.3 cm³/mol. The smallest absolute Gasteiger partial charge is 0.138 e. The van der Waals surface area contributed by atoms with E-state index in [-0.39, 0.29) is 5.82 Å². The Balaban J connectivity index is 1.86. The monoisotopic (exact) mass is 311 g/mol. The number of hydrogen-bond donors (Lipinski definition) is 1. The standard InChI is InChI=1S/C18H18FN3O/c1-22-9-11(10-22)16-8-15-13(5-6-20-18(15)21-16)14-7-12(19)3-4-17(14)23-2/h3-8,11H,9-10H2,1-2H3,(H,20,21). The highest BCUT2D eigenvalue weighted by Crippen LogP contribution is 2.36. The van der Waals surface area contributed by atoms with Gasteiger partial charge in [0.25, 0.3) is 0 Å². The van der Waals surface area contributed by atoms with Crippen molar-refractivity contribution in [3.05, 3.63) is 48.0 Å². The Kier molecular flexibility index (Phi) is 3.31. The van der Waals surface area contributed by atoms with E-state index in [1.165, 1.54) is 17.8 Å². The van der Waals surface area contributed by atoms with E-state index >= 15 is 0 Å². The Morgan fingerprint density at radius 2 is 2.04 bits per heavy atom. The lowest BCUT2D eigenvalue weighted by atomic mass is 9.96. The van der Waals surface area contributed by atoms with Gasteiger partial charge in [0.1, 0.15) is 17.2 Å². The fourth-order valence-electron chi connectivity index (χ4n) is 3.29. The maximum absolute atomic E-state index is 13.7. The zero-order chi connectivity index (χ0) is 16.0. The minimum atomic E-state index is -0.276. The van der Waals surface area contributed by atoms with Crippen molar-refractivity contribution in [1.82, 2.24) is 14.9 Å². The zero-order valence-corrected chi connectivity index (χ0v) is 13.1. The van der Waals surface area contributed by atoms with Crippen LogP contribution in [0.1, 0.15) is 11.6 Å². The van der Waals surface area contributed by atoms with Crippen molar-refractivity contribution < 1.29 is 9.13 Å². The largest absolute Gasteiger partial charge is 0.496 e. The lowest BCUT2D eigenvalue weighted by Gasteiger charge is -2.35. The van der Waals surface area contributed by atoms with Crippen LogP contribution in [0.15, 0.2) is 36.5 Å². The second kappa shape index (κ2) is 5.35. The molecular weight excluding hydrogens is 293 g/mol. The number of likely N-dealkylation sites (tertiary alicyclic amines) is 1. The lowest BCUT2D eigenvalue weighted by Crippen LogP contribution is -2.41. The molecule has 0 aliphatic carbocycles. The minimum Gasteiger partial charge on any atom is -0.496 e. The van der Waals surface area contributed by atoms with E-state index in [1.54, 1.807) is 19.4 Å². The first-order chi connectivity index (χ1) is 11.2. The van der Waals surface area contributed by atoms with Crippen LogP contribution in [-0.4, -0.2) is 42.1 Å². The van der Waals surface area contributed by atoms with Crippen LogP contribution in [0, 0.1) is 5.82 Å². The Hall–Kier alpha value is -2.40. The van der Waals surface area contributed by atoms with Crippen molar-refractivity contribution in [2.45, 2.75) is 5.92 Å². The van der Waals surface area contributed by atoms with E-state index < -0.39 is 0 Å². The molecule has 1 fully saturated rings. The van der Waals surface area contributed by atoms with E-state index in [2.05, 4.69) is 28.0 Å². The number of ether oxygens (including phenoxy) is 1. The molecule has 1 N–H and O–H groups in total. The summed E-state index contributed by atoms with van der Waals surface area (Å²) in [4.78, 5) is 10.1. The van der Waals surface area contributed by atoms with Gasteiger partial charge >= 0.3 is 0 Å². The summed E-state index contributed by atoms with van der Waals surface area (Å²) < 4.78 is 19.1. The van der Waals surface area contributed by atoms with E-state index in [0.717, 1.165) is 35.2 Å². The van der Waals surface area contributed by atoms with Crippen molar-refractivity contribution in [3.63, 3.8) is 0 Å². The number of nitrogens with zero attached hydrogens (tertiary/aromatic N) is 2. The number of methoxy groups -OCH3 is 1. The maximum Gasteiger partial charge on any atom is 0.138 e. The van der Waals surface area contributed by atoms with Gasteiger partial charge in [0.2, 0.25) is 0 Å². The molecule has 0 unspecified atom stereocenters. The van der Waals surface area contributed by atoms with Gasteiger partial charge in [-0.1, -0.05) is 0 Å². The molecule has 2 aromatic heterocycles. The first kappa shape index (κ1) is 14.2. The molecule has 0 bridgehead atoms. The number of aromatic amines is 1. The second-order valence-electron chi connectivity index (χ2n) is 6.11. The quantitative estimate of drug-likeness (QED) is 0.806. The SMILES string of the molecule is COc1ccc(F)cc1-c1ccnc2[nH]c(C3CN(C)C3)cc12. The molecule has 0 spiro atoms. The number of hydrogen-bond acceptors (Lipinski definition) is 3. The van der Waals surface area contributed by atoms with Crippen LogP contribution < -0.4 is 4.74 Å². The van der Waals surface area contributed by atoms with Crippen molar-refractivity contribution in [3.8, 4) is 16.9 Å². The van der Waals surface area contributed by atoms with Crippen molar-refractivity contribution in [2.75, 3.05) is 27.2 Å². The van der Waals surface area contributed by atoms with Crippen LogP contribution in [-0.2, 0) is 0 Å². The first-order valence-corrected chi connectivity index (χ1v) is 7.66. The minimum absolute atomic E-state index is 0.276. The molecule has 23 heavy (non-hydrogen) atoms.